The summed E-state index contributed by atoms with van der Waals surface area (Å²) in [5.74, 6) is -0.0494. The van der Waals surface area contributed by atoms with Gasteiger partial charge in [-0.25, -0.2) is 17.2 Å². The van der Waals surface area contributed by atoms with Gasteiger partial charge in [0.2, 0.25) is 10.0 Å². The number of halogens is 3. The Kier molecular flexibility index (Phi) is 4.84. The number of sulfonamides is 1. The van der Waals surface area contributed by atoms with Crippen molar-refractivity contribution in [3.63, 3.8) is 0 Å². The third-order valence-electron chi connectivity index (χ3n) is 1.99. The topological polar surface area (TPSA) is 55.2 Å². The van der Waals surface area contributed by atoms with E-state index in [0.717, 1.165) is 6.20 Å². The molecule has 1 heterocycles. The molecule has 0 amide bonds. The van der Waals surface area contributed by atoms with Crippen molar-refractivity contribution in [2.45, 2.75) is 11.3 Å². The Morgan fingerprint density at radius 3 is 2.65 bits per heavy atom. The highest BCUT2D eigenvalue weighted by Crippen LogP contribution is 2.15. The summed E-state index contributed by atoms with van der Waals surface area (Å²) in [7, 11) is -2.41. The van der Waals surface area contributed by atoms with Crippen molar-refractivity contribution in [3.8, 4) is 0 Å². The second kappa shape index (κ2) is 5.74. The minimum absolute atomic E-state index is 0.0494. The molecule has 1 aromatic rings. The third kappa shape index (κ3) is 3.62. The van der Waals surface area contributed by atoms with Crippen LogP contribution in [0.3, 0.4) is 0 Å². The second-order valence-electron chi connectivity index (χ2n) is 3.29. The van der Waals surface area contributed by atoms with Crippen LogP contribution in [0.2, 0.25) is 0 Å². The molecule has 0 saturated carbocycles. The Hall–Kier alpha value is -0.730. The fraction of sp³-hybridized carbons (Fsp3) is 0.625. The van der Waals surface area contributed by atoms with Gasteiger partial charge in [0.25, 0.3) is 6.43 Å². The van der Waals surface area contributed by atoms with Crippen LogP contribution < -0.4 is 0 Å². The van der Waals surface area contributed by atoms with E-state index in [1.54, 1.807) is 0 Å². The molecular weight excluding hydrogens is 276 g/mol. The van der Waals surface area contributed by atoms with Crippen molar-refractivity contribution in [3.05, 3.63) is 12.4 Å². The standard InChI is InChI=1S/C8H12ClF2N3O2S/c1-13-5-7(4-12-13)17(15,16)14(3-2-9)6-8(10)11/h4-5,8H,2-3,6H2,1H3. The normalized spacial score (nSPS) is 12.6. The summed E-state index contributed by atoms with van der Waals surface area (Å²) in [6.07, 6.45) is -0.381. The van der Waals surface area contributed by atoms with E-state index in [9.17, 15) is 17.2 Å². The first-order valence-electron chi connectivity index (χ1n) is 4.71. The van der Waals surface area contributed by atoms with Gasteiger partial charge in [0, 0.05) is 25.7 Å². The van der Waals surface area contributed by atoms with Gasteiger partial charge >= 0.3 is 0 Å². The van der Waals surface area contributed by atoms with E-state index < -0.39 is 23.0 Å². The molecule has 0 aromatic carbocycles. The molecule has 1 aromatic heterocycles. The van der Waals surface area contributed by atoms with Crippen LogP contribution >= 0.6 is 11.6 Å². The average Bonchev–Trinajstić information content (AvgIpc) is 2.64. The summed E-state index contributed by atoms with van der Waals surface area (Å²) >= 11 is 5.41. The predicted molar refractivity (Wildman–Crippen MR) is 58.7 cm³/mol. The number of nitrogens with zero attached hydrogens (tertiary/aromatic N) is 3. The number of aryl methyl sites for hydroxylation is 1. The quantitative estimate of drug-likeness (QED) is 0.731. The number of rotatable bonds is 6. The lowest BCUT2D eigenvalue weighted by atomic mass is 10.6. The lowest BCUT2D eigenvalue weighted by Gasteiger charge is -2.19. The van der Waals surface area contributed by atoms with E-state index in [4.69, 9.17) is 11.6 Å². The van der Waals surface area contributed by atoms with E-state index in [0.29, 0.717) is 4.31 Å². The van der Waals surface area contributed by atoms with Crippen LogP contribution in [0.5, 0.6) is 0 Å². The SMILES string of the molecule is Cn1cc(S(=O)(=O)N(CCCl)CC(F)F)cn1. The highest BCUT2D eigenvalue weighted by atomic mass is 35.5. The van der Waals surface area contributed by atoms with Crippen LogP contribution in [0.4, 0.5) is 8.78 Å². The molecule has 0 N–H and O–H groups in total. The largest absolute Gasteiger partial charge is 0.274 e. The highest BCUT2D eigenvalue weighted by Gasteiger charge is 2.27. The molecule has 0 fully saturated rings. The minimum Gasteiger partial charge on any atom is -0.274 e. The lowest BCUT2D eigenvalue weighted by molar-refractivity contribution is 0.121. The van der Waals surface area contributed by atoms with Gasteiger partial charge in [-0.1, -0.05) is 0 Å². The number of hydrogen-bond donors (Lipinski definition) is 0. The molecule has 0 radical (unpaired) electrons. The summed E-state index contributed by atoms with van der Waals surface area (Å²) in [5.41, 5.74) is 0. The summed E-state index contributed by atoms with van der Waals surface area (Å²) in [5, 5.41) is 3.69. The Morgan fingerprint density at radius 1 is 1.59 bits per heavy atom. The molecule has 0 aliphatic heterocycles. The molecule has 9 heteroatoms. The Labute approximate surface area is 103 Å². The molecule has 0 saturated heterocycles. The smallest absolute Gasteiger partial charge is 0.252 e. The molecule has 1 rings (SSSR count). The van der Waals surface area contributed by atoms with Crippen molar-refractivity contribution in [1.82, 2.24) is 14.1 Å². The molecule has 17 heavy (non-hydrogen) atoms. The zero-order chi connectivity index (χ0) is 13.1. The summed E-state index contributed by atoms with van der Waals surface area (Å²) < 4.78 is 50.4. The monoisotopic (exact) mass is 287 g/mol. The maximum atomic E-state index is 12.3. The maximum absolute atomic E-state index is 12.3. The zero-order valence-electron chi connectivity index (χ0n) is 9.05. The number of alkyl halides is 3. The third-order valence-corrected chi connectivity index (χ3v) is 3.98. The van der Waals surface area contributed by atoms with Gasteiger partial charge in [-0.15, -0.1) is 11.6 Å². The molecular formula is C8H12ClF2N3O2S. The van der Waals surface area contributed by atoms with Gasteiger partial charge in [0.05, 0.1) is 12.7 Å². The van der Waals surface area contributed by atoms with Crippen molar-refractivity contribution < 1.29 is 17.2 Å². The van der Waals surface area contributed by atoms with Crippen molar-refractivity contribution in [1.29, 1.82) is 0 Å². The van der Waals surface area contributed by atoms with Crippen LogP contribution in [-0.4, -0.2) is 47.9 Å². The average molecular weight is 288 g/mol. The lowest BCUT2D eigenvalue weighted by Crippen LogP contribution is -2.36. The summed E-state index contributed by atoms with van der Waals surface area (Å²) in [6.45, 7) is -1.03. The van der Waals surface area contributed by atoms with Gasteiger partial charge in [-0.3, -0.25) is 4.68 Å². The van der Waals surface area contributed by atoms with Gasteiger partial charge in [0.1, 0.15) is 4.90 Å². The second-order valence-corrected chi connectivity index (χ2v) is 5.61. The van der Waals surface area contributed by atoms with Gasteiger partial charge < -0.3 is 0 Å². The summed E-state index contributed by atoms with van der Waals surface area (Å²) in [4.78, 5) is -0.120. The maximum Gasteiger partial charge on any atom is 0.252 e. The molecule has 0 atom stereocenters. The fourth-order valence-corrected chi connectivity index (χ4v) is 2.95. The van der Waals surface area contributed by atoms with E-state index in [1.165, 1.54) is 17.9 Å². The van der Waals surface area contributed by atoms with Gasteiger partial charge in [0.15, 0.2) is 0 Å². The van der Waals surface area contributed by atoms with E-state index in [-0.39, 0.29) is 17.3 Å². The van der Waals surface area contributed by atoms with E-state index in [2.05, 4.69) is 5.10 Å². The molecule has 0 spiro atoms. The van der Waals surface area contributed by atoms with Crippen LogP contribution in [0.15, 0.2) is 17.3 Å². The van der Waals surface area contributed by atoms with Gasteiger partial charge in [-0.05, 0) is 0 Å². The Bertz CT molecular complexity index is 463. The zero-order valence-corrected chi connectivity index (χ0v) is 10.6. The molecule has 0 unspecified atom stereocenters. The molecule has 0 aliphatic rings. The first-order valence-corrected chi connectivity index (χ1v) is 6.68. The molecule has 5 nitrogen and oxygen atoms in total. The predicted octanol–water partition coefficient (Wildman–Crippen LogP) is 0.915. The number of hydrogen-bond acceptors (Lipinski definition) is 3. The van der Waals surface area contributed by atoms with Crippen LogP contribution in [0, 0.1) is 0 Å². The first-order chi connectivity index (χ1) is 7.87. The van der Waals surface area contributed by atoms with E-state index >= 15 is 0 Å². The highest BCUT2D eigenvalue weighted by molar-refractivity contribution is 7.89. The molecule has 98 valence electrons. The van der Waals surface area contributed by atoms with Crippen molar-refractivity contribution >= 4 is 21.6 Å². The Balaban J connectivity index is 2.99. The van der Waals surface area contributed by atoms with Crippen molar-refractivity contribution in [2.75, 3.05) is 19.0 Å². The van der Waals surface area contributed by atoms with Gasteiger partial charge in [-0.2, -0.15) is 9.40 Å². The molecule has 0 bridgehead atoms. The Morgan fingerprint density at radius 2 is 2.24 bits per heavy atom. The van der Waals surface area contributed by atoms with Crippen molar-refractivity contribution in [2.24, 2.45) is 7.05 Å². The van der Waals surface area contributed by atoms with E-state index in [1.807, 2.05) is 0 Å². The number of aromatic nitrogens is 2. The molecule has 0 aliphatic carbocycles. The fourth-order valence-electron chi connectivity index (χ4n) is 1.24. The summed E-state index contributed by atoms with van der Waals surface area (Å²) in [6, 6.07) is 0. The first kappa shape index (κ1) is 14.3. The van der Waals surface area contributed by atoms with Crippen LogP contribution in [0.25, 0.3) is 0 Å². The van der Waals surface area contributed by atoms with Crippen LogP contribution in [0.1, 0.15) is 0 Å². The minimum atomic E-state index is -3.95. The van der Waals surface area contributed by atoms with Crippen LogP contribution in [-0.2, 0) is 17.1 Å².